The van der Waals surface area contributed by atoms with Crippen molar-refractivity contribution in [1.82, 2.24) is 10.2 Å². The van der Waals surface area contributed by atoms with E-state index in [1.54, 1.807) is 0 Å². The van der Waals surface area contributed by atoms with Crippen LogP contribution in [0.1, 0.15) is 32.3 Å². The standard InChI is InChI=1S/C17H25ClN2O/c1-13(2)11-19-17(21)15-7-9-20(10-8-15)12-14-3-5-16(18)6-4-14/h3-6,13,15H,7-12H2,1-2H3,(H,19,21). The number of amides is 1. The Kier molecular flexibility index (Phi) is 6.07. The Morgan fingerprint density at radius 2 is 1.90 bits per heavy atom. The number of piperidine rings is 1. The third-order valence-corrected chi connectivity index (χ3v) is 4.21. The van der Waals surface area contributed by atoms with Gasteiger partial charge in [-0.3, -0.25) is 9.69 Å². The lowest BCUT2D eigenvalue weighted by atomic mass is 9.95. The molecule has 0 unspecified atom stereocenters. The zero-order chi connectivity index (χ0) is 15.2. The molecule has 21 heavy (non-hydrogen) atoms. The van der Waals surface area contributed by atoms with Crippen LogP contribution >= 0.6 is 11.6 Å². The highest BCUT2D eigenvalue weighted by atomic mass is 35.5. The van der Waals surface area contributed by atoms with Gasteiger partial charge in [-0.1, -0.05) is 37.6 Å². The normalized spacial score (nSPS) is 17.1. The van der Waals surface area contributed by atoms with Crippen molar-refractivity contribution in [1.29, 1.82) is 0 Å². The van der Waals surface area contributed by atoms with Crippen LogP contribution in [0.3, 0.4) is 0 Å². The van der Waals surface area contributed by atoms with Crippen molar-refractivity contribution in [2.24, 2.45) is 11.8 Å². The number of halogens is 1. The largest absolute Gasteiger partial charge is 0.356 e. The predicted octanol–water partition coefficient (Wildman–Crippen LogP) is 3.32. The summed E-state index contributed by atoms with van der Waals surface area (Å²) in [7, 11) is 0. The van der Waals surface area contributed by atoms with E-state index in [4.69, 9.17) is 11.6 Å². The molecule has 2 rings (SSSR count). The second-order valence-electron chi connectivity index (χ2n) is 6.32. The average Bonchev–Trinajstić information content (AvgIpc) is 2.48. The summed E-state index contributed by atoms with van der Waals surface area (Å²) in [5, 5.41) is 3.83. The summed E-state index contributed by atoms with van der Waals surface area (Å²) in [5.74, 6) is 0.930. The first kappa shape index (κ1) is 16.3. The number of nitrogens with one attached hydrogen (secondary N) is 1. The molecule has 0 aliphatic carbocycles. The fourth-order valence-electron chi connectivity index (χ4n) is 2.65. The van der Waals surface area contributed by atoms with Crippen LogP contribution in [-0.4, -0.2) is 30.4 Å². The van der Waals surface area contributed by atoms with Crippen LogP contribution in [0.4, 0.5) is 0 Å². The molecule has 0 saturated carbocycles. The molecule has 1 aromatic rings. The monoisotopic (exact) mass is 308 g/mol. The van der Waals surface area contributed by atoms with Gasteiger partial charge in [0.2, 0.25) is 5.91 Å². The quantitative estimate of drug-likeness (QED) is 0.905. The number of hydrogen-bond acceptors (Lipinski definition) is 2. The van der Waals surface area contributed by atoms with Gasteiger partial charge in [-0.2, -0.15) is 0 Å². The Morgan fingerprint density at radius 3 is 2.48 bits per heavy atom. The van der Waals surface area contributed by atoms with Gasteiger partial charge < -0.3 is 5.32 Å². The molecule has 1 N–H and O–H groups in total. The van der Waals surface area contributed by atoms with Crippen molar-refractivity contribution in [3.63, 3.8) is 0 Å². The smallest absolute Gasteiger partial charge is 0.223 e. The minimum absolute atomic E-state index is 0.185. The van der Waals surface area contributed by atoms with Crippen LogP contribution in [0.2, 0.25) is 5.02 Å². The number of benzene rings is 1. The Balaban J connectivity index is 1.75. The molecule has 116 valence electrons. The molecule has 1 aliphatic rings. The highest BCUT2D eigenvalue weighted by Gasteiger charge is 2.24. The number of nitrogens with zero attached hydrogens (tertiary/aromatic N) is 1. The van der Waals surface area contributed by atoms with Crippen LogP contribution < -0.4 is 5.32 Å². The van der Waals surface area contributed by atoms with Crippen LogP contribution in [0.15, 0.2) is 24.3 Å². The summed E-state index contributed by atoms with van der Waals surface area (Å²) in [5.41, 5.74) is 1.28. The SMILES string of the molecule is CC(C)CNC(=O)C1CCN(Cc2ccc(Cl)cc2)CC1. The number of carbonyl (C=O) groups is 1. The fraction of sp³-hybridized carbons (Fsp3) is 0.588. The third-order valence-electron chi connectivity index (χ3n) is 3.96. The lowest BCUT2D eigenvalue weighted by Gasteiger charge is -2.31. The average molecular weight is 309 g/mol. The van der Waals surface area contributed by atoms with Crippen molar-refractivity contribution in [3.05, 3.63) is 34.9 Å². The molecule has 1 heterocycles. The van der Waals surface area contributed by atoms with Crippen LogP contribution in [0.25, 0.3) is 0 Å². The van der Waals surface area contributed by atoms with Crippen molar-refractivity contribution < 1.29 is 4.79 Å². The molecule has 0 aromatic heterocycles. The summed E-state index contributed by atoms with van der Waals surface area (Å²) in [6, 6.07) is 8.01. The molecule has 1 amide bonds. The fourth-order valence-corrected chi connectivity index (χ4v) is 2.78. The highest BCUT2D eigenvalue weighted by Crippen LogP contribution is 2.20. The molecular weight excluding hydrogens is 284 g/mol. The zero-order valence-electron chi connectivity index (χ0n) is 12.9. The maximum Gasteiger partial charge on any atom is 0.223 e. The van der Waals surface area contributed by atoms with Crippen molar-refractivity contribution in [2.45, 2.75) is 33.2 Å². The summed E-state index contributed by atoms with van der Waals surface area (Å²) in [6.45, 7) is 7.94. The van der Waals surface area contributed by atoms with Crippen molar-refractivity contribution >= 4 is 17.5 Å². The van der Waals surface area contributed by atoms with E-state index in [9.17, 15) is 4.79 Å². The summed E-state index contributed by atoms with van der Waals surface area (Å²) in [4.78, 5) is 14.5. The van der Waals surface area contributed by atoms with Gasteiger partial charge in [-0.15, -0.1) is 0 Å². The lowest BCUT2D eigenvalue weighted by Crippen LogP contribution is -2.41. The van der Waals surface area contributed by atoms with Gasteiger partial charge in [0.15, 0.2) is 0 Å². The van der Waals surface area contributed by atoms with E-state index in [-0.39, 0.29) is 11.8 Å². The van der Waals surface area contributed by atoms with E-state index >= 15 is 0 Å². The summed E-state index contributed by atoms with van der Waals surface area (Å²) in [6.07, 6.45) is 1.91. The third kappa shape index (κ3) is 5.33. The Morgan fingerprint density at radius 1 is 1.29 bits per heavy atom. The first-order valence-corrected chi connectivity index (χ1v) is 8.17. The summed E-state index contributed by atoms with van der Waals surface area (Å²) >= 11 is 5.90. The zero-order valence-corrected chi connectivity index (χ0v) is 13.7. The number of hydrogen-bond donors (Lipinski definition) is 1. The Hall–Kier alpha value is -1.06. The van der Waals surface area contributed by atoms with Gasteiger partial charge in [0, 0.05) is 24.0 Å². The molecule has 0 atom stereocenters. The minimum Gasteiger partial charge on any atom is -0.356 e. The molecule has 1 fully saturated rings. The van der Waals surface area contributed by atoms with Crippen molar-refractivity contribution in [2.75, 3.05) is 19.6 Å². The Labute approximate surface area is 132 Å². The number of likely N-dealkylation sites (tertiary alicyclic amines) is 1. The van der Waals surface area contributed by atoms with E-state index in [0.29, 0.717) is 5.92 Å². The molecule has 3 nitrogen and oxygen atoms in total. The van der Waals surface area contributed by atoms with E-state index in [1.165, 1.54) is 5.56 Å². The van der Waals surface area contributed by atoms with Gasteiger partial charge in [0.05, 0.1) is 0 Å². The molecule has 1 saturated heterocycles. The maximum absolute atomic E-state index is 12.1. The van der Waals surface area contributed by atoms with E-state index < -0.39 is 0 Å². The first-order chi connectivity index (χ1) is 10.0. The van der Waals surface area contributed by atoms with E-state index in [2.05, 4.69) is 36.2 Å². The lowest BCUT2D eigenvalue weighted by molar-refractivity contribution is -0.126. The first-order valence-electron chi connectivity index (χ1n) is 7.79. The van der Waals surface area contributed by atoms with Crippen LogP contribution in [-0.2, 0) is 11.3 Å². The predicted molar refractivity (Wildman–Crippen MR) is 87.3 cm³/mol. The minimum atomic E-state index is 0.185. The van der Waals surface area contributed by atoms with Crippen LogP contribution in [0, 0.1) is 11.8 Å². The second-order valence-corrected chi connectivity index (χ2v) is 6.75. The number of rotatable bonds is 5. The molecule has 1 aliphatic heterocycles. The molecule has 0 bridgehead atoms. The molecule has 0 spiro atoms. The summed E-state index contributed by atoms with van der Waals surface area (Å²) < 4.78 is 0. The Bertz CT molecular complexity index is 450. The van der Waals surface area contributed by atoms with Gasteiger partial charge in [0.25, 0.3) is 0 Å². The molecule has 4 heteroatoms. The second kappa shape index (κ2) is 7.81. The molecular formula is C17H25ClN2O. The number of carbonyl (C=O) groups excluding carboxylic acids is 1. The van der Waals surface area contributed by atoms with Crippen molar-refractivity contribution in [3.8, 4) is 0 Å². The highest BCUT2D eigenvalue weighted by molar-refractivity contribution is 6.30. The van der Waals surface area contributed by atoms with E-state index in [1.807, 2.05) is 12.1 Å². The van der Waals surface area contributed by atoms with Gasteiger partial charge >= 0.3 is 0 Å². The van der Waals surface area contributed by atoms with E-state index in [0.717, 1.165) is 44.0 Å². The molecule has 0 radical (unpaired) electrons. The van der Waals surface area contributed by atoms with Gasteiger partial charge in [0.1, 0.15) is 0 Å². The van der Waals surface area contributed by atoms with Gasteiger partial charge in [-0.25, -0.2) is 0 Å². The van der Waals surface area contributed by atoms with Gasteiger partial charge in [-0.05, 0) is 49.5 Å². The topological polar surface area (TPSA) is 32.3 Å². The maximum atomic E-state index is 12.1. The molecule has 1 aromatic carbocycles. The van der Waals surface area contributed by atoms with Crippen LogP contribution in [0.5, 0.6) is 0 Å².